The Morgan fingerprint density at radius 3 is 1.89 bits per heavy atom. The maximum atomic E-state index is 13.7. The Hall–Kier alpha value is -2.43. The van der Waals surface area contributed by atoms with E-state index in [4.69, 9.17) is 9.47 Å². The maximum Gasteiger partial charge on any atom is 0.508 e. The van der Waals surface area contributed by atoms with Gasteiger partial charge in [0.2, 0.25) is 34.8 Å². The third kappa shape index (κ3) is 5.28. The number of hydrogen-bond donors (Lipinski definition) is 0. The van der Waals surface area contributed by atoms with Crippen molar-refractivity contribution in [1.29, 1.82) is 0 Å². The SMILES string of the molecule is CCCOC(=O)OCC(C)(COC)C(=O)Oc1c(F)c(F)c(F)c(F)c1F. The second-order valence-corrected chi connectivity index (χ2v) is 5.67. The van der Waals surface area contributed by atoms with Gasteiger partial charge >= 0.3 is 12.1 Å². The van der Waals surface area contributed by atoms with Crippen LogP contribution in [0.25, 0.3) is 0 Å². The van der Waals surface area contributed by atoms with Gasteiger partial charge < -0.3 is 18.9 Å². The van der Waals surface area contributed by atoms with Crippen molar-refractivity contribution in [3.8, 4) is 5.75 Å². The van der Waals surface area contributed by atoms with E-state index in [9.17, 15) is 31.5 Å². The van der Waals surface area contributed by atoms with Gasteiger partial charge in [0, 0.05) is 7.11 Å². The molecule has 0 aliphatic carbocycles. The molecule has 1 unspecified atom stereocenters. The highest BCUT2D eigenvalue weighted by Crippen LogP contribution is 2.31. The predicted molar refractivity (Wildman–Crippen MR) is 79.4 cm³/mol. The van der Waals surface area contributed by atoms with Gasteiger partial charge in [-0.3, -0.25) is 4.79 Å². The van der Waals surface area contributed by atoms with Gasteiger partial charge in [0.1, 0.15) is 12.0 Å². The second-order valence-electron chi connectivity index (χ2n) is 5.67. The number of ether oxygens (including phenoxy) is 4. The zero-order valence-corrected chi connectivity index (χ0v) is 14.7. The molecule has 0 N–H and O–H groups in total. The Morgan fingerprint density at radius 1 is 0.889 bits per heavy atom. The number of halogens is 5. The van der Waals surface area contributed by atoms with Gasteiger partial charge in [0.25, 0.3) is 0 Å². The van der Waals surface area contributed by atoms with Gasteiger partial charge in [-0.2, -0.15) is 8.78 Å². The molecule has 0 saturated heterocycles. The normalized spacial score (nSPS) is 13.0. The standard InChI is InChI=1S/C16H17F5O6/c1-4-5-25-15(23)26-7-16(2,6-24-3)14(22)27-13-11(20)9(18)8(17)10(19)12(13)21/h4-7H2,1-3H3. The summed E-state index contributed by atoms with van der Waals surface area (Å²) in [6, 6.07) is 0. The Labute approximate surface area is 151 Å². The molecule has 0 aliphatic rings. The lowest BCUT2D eigenvalue weighted by molar-refractivity contribution is -0.152. The van der Waals surface area contributed by atoms with Crippen molar-refractivity contribution in [2.75, 3.05) is 26.9 Å². The fourth-order valence-electron chi connectivity index (χ4n) is 1.81. The number of esters is 1. The van der Waals surface area contributed by atoms with E-state index in [1.165, 1.54) is 7.11 Å². The number of carbonyl (C=O) groups is 2. The zero-order chi connectivity index (χ0) is 20.8. The van der Waals surface area contributed by atoms with E-state index in [0.717, 1.165) is 6.92 Å². The minimum absolute atomic E-state index is 0.0504. The molecule has 1 aromatic carbocycles. The molecule has 152 valence electrons. The van der Waals surface area contributed by atoms with Crippen LogP contribution in [0.15, 0.2) is 0 Å². The summed E-state index contributed by atoms with van der Waals surface area (Å²) in [5, 5.41) is 0. The van der Waals surface area contributed by atoms with Gasteiger partial charge in [-0.1, -0.05) is 6.92 Å². The van der Waals surface area contributed by atoms with Crippen LogP contribution in [0.3, 0.4) is 0 Å². The number of methoxy groups -OCH3 is 1. The van der Waals surface area contributed by atoms with Crippen LogP contribution in [-0.2, 0) is 19.0 Å². The molecule has 0 heterocycles. The number of rotatable bonds is 8. The van der Waals surface area contributed by atoms with Crippen LogP contribution in [0.4, 0.5) is 26.7 Å². The molecule has 1 atom stereocenters. The quantitative estimate of drug-likeness (QED) is 0.219. The maximum absolute atomic E-state index is 13.7. The molecule has 11 heteroatoms. The smallest absolute Gasteiger partial charge is 0.434 e. The molecule has 0 fully saturated rings. The van der Waals surface area contributed by atoms with Crippen molar-refractivity contribution in [3.63, 3.8) is 0 Å². The number of carbonyl (C=O) groups excluding carboxylic acids is 2. The van der Waals surface area contributed by atoms with Gasteiger partial charge in [0.15, 0.2) is 0 Å². The zero-order valence-electron chi connectivity index (χ0n) is 14.7. The summed E-state index contributed by atoms with van der Waals surface area (Å²) in [6.45, 7) is 1.76. The van der Waals surface area contributed by atoms with Crippen LogP contribution in [-0.4, -0.2) is 39.1 Å². The van der Waals surface area contributed by atoms with Crippen LogP contribution in [0.1, 0.15) is 20.3 Å². The number of hydrogen-bond acceptors (Lipinski definition) is 6. The summed E-state index contributed by atoms with van der Waals surface area (Å²) in [7, 11) is 1.17. The second kappa shape index (κ2) is 9.49. The summed E-state index contributed by atoms with van der Waals surface area (Å²) < 4.78 is 85.3. The first-order valence-electron chi connectivity index (χ1n) is 7.61. The highest BCUT2D eigenvalue weighted by molar-refractivity contribution is 5.79. The summed E-state index contributed by atoms with van der Waals surface area (Å²) in [4.78, 5) is 23.6. The molecule has 1 aromatic rings. The van der Waals surface area contributed by atoms with Crippen molar-refractivity contribution < 1.29 is 50.5 Å². The molecule has 27 heavy (non-hydrogen) atoms. The van der Waals surface area contributed by atoms with Crippen molar-refractivity contribution in [2.24, 2.45) is 5.41 Å². The van der Waals surface area contributed by atoms with E-state index in [1.807, 2.05) is 0 Å². The van der Waals surface area contributed by atoms with E-state index >= 15 is 0 Å². The third-order valence-corrected chi connectivity index (χ3v) is 3.25. The lowest BCUT2D eigenvalue weighted by atomic mass is 9.93. The summed E-state index contributed by atoms with van der Waals surface area (Å²) in [5.41, 5.74) is -1.82. The largest absolute Gasteiger partial charge is 0.508 e. The summed E-state index contributed by atoms with van der Waals surface area (Å²) in [6.07, 6.45) is -0.615. The first-order chi connectivity index (χ1) is 12.6. The minimum Gasteiger partial charge on any atom is -0.434 e. The third-order valence-electron chi connectivity index (χ3n) is 3.25. The summed E-state index contributed by atoms with van der Waals surface area (Å²) in [5.74, 6) is -14.8. The van der Waals surface area contributed by atoms with Gasteiger partial charge in [-0.15, -0.1) is 0 Å². The molecular weight excluding hydrogens is 383 g/mol. The fourth-order valence-corrected chi connectivity index (χ4v) is 1.81. The molecule has 0 amide bonds. The molecule has 0 aromatic heterocycles. The summed E-state index contributed by atoms with van der Waals surface area (Å²) >= 11 is 0. The average molecular weight is 400 g/mol. The molecule has 0 bridgehead atoms. The van der Waals surface area contributed by atoms with Crippen LogP contribution in [0.2, 0.25) is 0 Å². The molecule has 6 nitrogen and oxygen atoms in total. The fraction of sp³-hybridized carbons (Fsp3) is 0.500. The Balaban J connectivity index is 3.04. The molecule has 0 aliphatic heterocycles. The number of benzene rings is 1. The van der Waals surface area contributed by atoms with E-state index in [-0.39, 0.29) is 6.61 Å². The Bertz CT molecular complexity index is 682. The highest BCUT2D eigenvalue weighted by atomic mass is 19.2. The van der Waals surface area contributed by atoms with Crippen LogP contribution in [0.5, 0.6) is 5.75 Å². The van der Waals surface area contributed by atoms with Crippen LogP contribution < -0.4 is 4.74 Å². The lowest BCUT2D eigenvalue weighted by Crippen LogP contribution is -2.41. The Kier molecular flexibility index (Phi) is 7.95. The van der Waals surface area contributed by atoms with Crippen molar-refractivity contribution in [2.45, 2.75) is 20.3 Å². The van der Waals surface area contributed by atoms with E-state index in [0.29, 0.717) is 6.42 Å². The molecule has 1 rings (SSSR count). The van der Waals surface area contributed by atoms with Crippen molar-refractivity contribution in [3.05, 3.63) is 29.1 Å². The van der Waals surface area contributed by atoms with Crippen molar-refractivity contribution in [1.82, 2.24) is 0 Å². The predicted octanol–water partition coefficient (Wildman–Crippen LogP) is 3.50. The monoisotopic (exact) mass is 400 g/mol. The van der Waals surface area contributed by atoms with E-state index in [1.54, 1.807) is 6.92 Å². The first-order valence-corrected chi connectivity index (χ1v) is 7.61. The van der Waals surface area contributed by atoms with E-state index in [2.05, 4.69) is 9.47 Å². The van der Waals surface area contributed by atoms with Gasteiger partial charge in [-0.05, 0) is 13.3 Å². The molecule has 0 spiro atoms. The van der Waals surface area contributed by atoms with Gasteiger partial charge in [0.05, 0.1) is 13.2 Å². The van der Waals surface area contributed by atoms with Crippen molar-refractivity contribution >= 4 is 12.1 Å². The van der Waals surface area contributed by atoms with Gasteiger partial charge in [-0.25, -0.2) is 18.0 Å². The topological polar surface area (TPSA) is 71.1 Å². The molecular formula is C16H17F5O6. The average Bonchev–Trinajstić information content (AvgIpc) is 2.64. The van der Waals surface area contributed by atoms with E-state index < -0.39 is 65.6 Å². The molecule has 0 saturated carbocycles. The van der Waals surface area contributed by atoms with Crippen LogP contribution in [0, 0.1) is 34.5 Å². The lowest BCUT2D eigenvalue weighted by Gasteiger charge is -2.25. The molecule has 0 radical (unpaired) electrons. The highest BCUT2D eigenvalue weighted by Gasteiger charge is 2.40. The minimum atomic E-state index is -2.40. The first kappa shape index (κ1) is 22.6. The van der Waals surface area contributed by atoms with Crippen LogP contribution >= 0.6 is 0 Å². The Morgan fingerprint density at radius 2 is 1.41 bits per heavy atom.